The van der Waals surface area contributed by atoms with E-state index in [1.807, 2.05) is 0 Å². The Morgan fingerprint density at radius 2 is 0.857 bits per heavy atom. The molecule has 2 heteroatoms. The quantitative estimate of drug-likeness (QED) is 0.224. The first kappa shape index (κ1) is 17.2. The summed E-state index contributed by atoms with van der Waals surface area (Å²) in [4.78, 5) is 0. The minimum atomic E-state index is -2.73. The topological polar surface area (TPSA) is 0 Å². The first-order valence-electron chi connectivity index (χ1n) is 9.49. The molecule has 0 saturated heterocycles. The molecule has 5 aromatic carbocycles. The fraction of sp³-hybridized carbons (Fsp3) is 0. The first-order chi connectivity index (χ1) is 13.8. The van der Waals surface area contributed by atoms with Gasteiger partial charge in [-0.15, -0.1) is 11.1 Å². The van der Waals surface area contributed by atoms with Gasteiger partial charge in [0.25, 0.3) is 0 Å². The molecule has 0 radical (unpaired) electrons. The van der Waals surface area contributed by atoms with Crippen LogP contribution >= 0.6 is 11.1 Å². The summed E-state index contributed by atoms with van der Waals surface area (Å²) in [6.45, 7) is 0. The second kappa shape index (κ2) is 6.94. The van der Waals surface area contributed by atoms with Crippen molar-refractivity contribution in [2.24, 2.45) is 0 Å². The Hall–Kier alpha value is -2.87. The van der Waals surface area contributed by atoms with Gasteiger partial charge >= 0.3 is 0 Å². The highest BCUT2D eigenvalue weighted by molar-refractivity contribution is 7.41. The van der Waals surface area contributed by atoms with Gasteiger partial charge in [-0.1, -0.05) is 115 Å². The molecule has 5 aromatic rings. The van der Waals surface area contributed by atoms with E-state index in [1.165, 1.54) is 37.1 Å². The van der Waals surface area contributed by atoms with Gasteiger partial charge in [-0.3, -0.25) is 0 Å². The van der Waals surface area contributed by atoms with Crippen LogP contribution < -0.4 is 15.6 Å². The Labute approximate surface area is 170 Å². The molecule has 0 aliphatic rings. The van der Waals surface area contributed by atoms with Crippen molar-refractivity contribution >= 4 is 55.6 Å². The Morgan fingerprint density at radius 1 is 0.429 bits per heavy atom. The number of hydrogen-bond acceptors (Lipinski definition) is 0. The van der Waals surface area contributed by atoms with Crippen LogP contribution in [0.1, 0.15) is 0 Å². The lowest BCUT2D eigenvalue weighted by Crippen LogP contribution is -2.63. The monoisotopic (exact) mass is 394 g/mol. The summed E-state index contributed by atoms with van der Waals surface area (Å²) in [5.74, 6) is 0. The van der Waals surface area contributed by atoms with Crippen LogP contribution in [0, 0.1) is 0 Å². The number of benzene rings is 5. The molecule has 0 unspecified atom stereocenters. The molecule has 134 valence electrons. The SMILES string of the molecule is Cl[Si](c1ccccc1)(c1cccc2ccccc12)c1cccc2ccccc12. The third-order valence-corrected chi connectivity index (χ3v) is 10.9. The van der Waals surface area contributed by atoms with Crippen LogP contribution in [0.15, 0.2) is 115 Å². The van der Waals surface area contributed by atoms with Crippen LogP contribution in [-0.4, -0.2) is 7.38 Å². The van der Waals surface area contributed by atoms with E-state index in [-0.39, 0.29) is 0 Å². The molecular weight excluding hydrogens is 376 g/mol. The Bertz CT molecular complexity index is 1190. The average molecular weight is 395 g/mol. The lowest BCUT2D eigenvalue weighted by molar-refractivity contribution is 1.73. The molecule has 0 N–H and O–H groups in total. The van der Waals surface area contributed by atoms with Crippen LogP contribution in [0.4, 0.5) is 0 Å². The molecule has 0 atom stereocenters. The summed E-state index contributed by atoms with van der Waals surface area (Å²) in [7, 11) is -2.73. The zero-order valence-electron chi connectivity index (χ0n) is 15.3. The van der Waals surface area contributed by atoms with Gasteiger partial charge < -0.3 is 0 Å². The fourth-order valence-electron chi connectivity index (χ4n) is 4.18. The van der Waals surface area contributed by atoms with Crippen molar-refractivity contribution < 1.29 is 0 Å². The molecule has 0 aliphatic heterocycles. The van der Waals surface area contributed by atoms with Crippen molar-refractivity contribution in [2.45, 2.75) is 0 Å². The molecule has 0 bridgehead atoms. The second-order valence-electron chi connectivity index (χ2n) is 7.08. The zero-order chi connectivity index (χ0) is 19.0. The molecule has 0 heterocycles. The van der Waals surface area contributed by atoms with Gasteiger partial charge in [-0.05, 0) is 37.1 Å². The molecule has 0 aliphatic carbocycles. The summed E-state index contributed by atoms with van der Waals surface area (Å²) in [6, 6.07) is 40.8. The van der Waals surface area contributed by atoms with Crippen LogP contribution in [0.2, 0.25) is 0 Å². The van der Waals surface area contributed by atoms with Crippen molar-refractivity contribution in [1.29, 1.82) is 0 Å². The zero-order valence-corrected chi connectivity index (χ0v) is 17.1. The normalized spacial score (nSPS) is 11.8. The summed E-state index contributed by atoms with van der Waals surface area (Å²) in [5, 5.41) is 8.64. The van der Waals surface area contributed by atoms with Crippen molar-refractivity contribution in [3.05, 3.63) is 115 Å². The third-order valence-electron chi connectivity index (χ3n) is 5.49. The molecule has 28 heavy (non-hydrogen) atoms. The van der Waals surface area contributed by atoms with Crippen molar-refractivity contribution in [3.8, 4) is 0 Å². The van der Waals surface area contributed by atoms with Gasteiger partial charge in [0.1, 0.15) is 0 Å². The highest BCUT2D eigenvalue weighted by Crippen LogP contribution is 2.22. The Balaban J connectivity index is 1.92. The molecule has 0 nitrogen and oxygen atoms in total. The van der Waals surface area contributed by atoms with Crippen LogP contribution in [-0.2, 0) is 0 Å². The summed E-state index contributed by atoms with van der Waals surface area (Å²) < 4.78 is 0. The van der Waals surface area contributed by atoms with Crippen molar-refractivity contribution in [3.63, 3.8) is 0 Å². The van der Waals surface area contributed by atoms with Gasteiger partial charge in [0.15, 0.2) is 0 Å². The second-order valence-corrected chi connectivity index (χ2v) is 11.8. The van der Waals surface area contributed by atoms with Gasteiger partial charge in [-0.25, -0.2) is 0 Å². The largest absolute Gasteiger partial charge is 0.249 e. The summed E-state index contributed by atoms with van der Waals surface area (Å²) in [6.07, 6.45) is 0. The fourth-order valence-corrected chi connectivity index (χ4v) is 8.96. The highest BCUT2D eigenvalue weighted by Gasteiger charge is 2.40. The maximum absolute atomic E-state index is 7.81. The van der Waals surface area contributed by atoms with E-state index in [0.717, 1.165) is 0 Å². The molecule has 0 fully saturated rings. The van der Waals surface area contributed by atoms with Crippen LogP contribution in [0.3, 0.4) is 0 Å². The lowest BCUT2D eigenvalue weighted by Gasteiger charge is -2.29. The van der Waals surface area contributed by atoms with Crippen molar-refractivity contribution in [1.82, 2.24) is 0 Å². The average Bonchev–Trinajstić information content (AvgIpc) is 2.78. The van der Waals surface area contributed by atoms with E-state index >= 15 is 0 Å². The predicted molar refractivity (Wildman–Crippen MR) is 125 cm³/mol. The van der Waals surface area contributed by atoms with E-state index < -0.39 is 7.38 Å². The minimum Gasteiger partial charge on any atom is -0.149 e. The van der Waals surface area contributed by atoms with E-state index in [4.69, 9.17) is 11.1 Å². The van der Waals surface area contributed by atoms with E-state index in [2.05, 4.69) is 115 Å². The van der Waals surface area contributed by atoms with Gasteiger partial charge in [0.05, 0.1) is 0 Å². The van der Waals surface area contributed by atoms with E-state index in [9.17, 15) is 0 Å². The standard InChI is InChI=1S/C26H19ClSi/c27-28(22-14-2-1-3-15-22,25-18-8-12-20-10-4-6-16-23(20)25)26-19-9-13-21-11-5-7-17-24(21)26/h1-19H. The van der Waals surface area contributed by atoms with E-state index in [1.54, 1.807) is 0 Å². The number of halogens is 1. The molecule has 0 aromatic heterocycles. The maximum Gasteiger partial charge on any atom is 0.249 e. The van der Waals surface area contributed by atoms with Gasteiger partial charge in [0, 0.05) is 0 Å². The minimum absolute atomic E-state index is 1.21. The smallest absolute Gasteiger partial charge is 0.149 e. The molecule has 5 rings (SSSR count). The summed E-state index contributed by atoms with van der Waals surface area (Å²) >= 11 is 7.81. The molecular formula is C26H19ClSi. The van der Waals surface area contributed by atoms with Gasteiger partial charge in [0.2, 0.25) is 7.38 Å². The maximum atomic E-state index is 7.81. The van der Waals surface area contributed by atoms with Crippen molar-refractivity contribution in [2.75, 3.05) is 0 Å². The molecule has 0 saturated carbocycles. The predicted octanol–water partition coefficient (Wildman–Crippen LogP) is 5.20. The lowest BCUT2D eigenvalue weighted by atomic mass is 10.1. The summed E-state index contributed by atoms with van der Waals surface area (Å²) in [5.41, 5.74) is 0. The Morgan fingerprint density at radius 3 is 1.39 bits per heavy atom. The molecule has 0 spiro atoms. The van der Waals surface area contributed by atoms with Gasteiger partial charge in [-0.2, -0.15) is 0 Å². The number of rotatable bonds is 3. The third kappa shape index (κ3) is 2.67. The highest BCUT2D eigenvalue weighted by atomic mass is 35.6. The number of fused-ring (bicyclic) bond motifs is 2. The van der Waals surface area contributed by atoms with Crippen LogP contribution in [0.5, 0.6) is 0 Å². The molecule has 0 amide bonds. The van der Waals surface area contributed by atoms with E-state index in [0.29, 0.717) is 0 Å². The first-order valence-corrected chi connectivity index (χ1v) is 12.5. The Kier molecular flexibility index (Phi) is 4.27. The number of hydrogen-bond donors (Lipinski definition) is 0. The van der Waals surface area contributed by atoms with Crippen LogP contribution in [0.25, 0.3) is 21.5 Å².